The van der Waals surface area contributed by atoms with E-state index in [2.05, 4.69) is 17.1 Å². The lowest BCUT2D eigenvalue weighted by molar-refractivity contribution is 0.102. The molecule has 31 heavy (non-hydrogen) atoms. The molecule has 1 heterocycles. The molecule has 8 heteroatoms. The zero-order valence-corrected chi connectivity index (χ0v) is 19.4. The molecule has 0 aliphatic carbocycles. The number of methoxy groups -OCH3 is 1. The van der Waals surface area contributed by atoms with Gasteiger partial charge >= 0.3 is 0 Å². The number of amides is 1. The molecule has 3 rings (SSSR count). The van der Waals surface area contributed by atoms with Crippen molar-refractivity contribution in [3.8, 4) is 5.75 Å². The van der Waals surface area contributed by atoms with E-state index in [-0.39, 0.29) is 10.5 Å². The van der Waals surface area contributed by atoms with Gasteiger partial charge in [-0.3, -0.25) is 4.79 Å². The van der Waals surface area contributed by atoms with Crippen LogP contribution < -0.4 is 15.0 Å². The second-order valence-corrected chi connectivity index (χ2v) is 9.73. The van der Waals surface area contributed by atoms with E-state index in [0.717, 1.165) is 18.8 Å². The summed E-state index contributed by atoms with van der Waals surface area (Å²) in [6.07, 6.45) is 1.19. The molecule has 1 N–H and O–H groups in total. The Morgan fingerprint density at radius 1 is 1.16 bits per heavy atom. The van der Waals surface area contributed by atoms with Crippen molar-refractivity contribution in [2.75, 3.05) is 43.5 Å². The normalized spacial score (nSPS) is 16.5. The van der Waals surface area contributed by atoms with Crippen molar-refractivity contribution in [1.29, 1.82) is 0 Å². The van der Waals surface area contributed by atoms with Gasteiger partial charge in [-0.25, -0.2) is 8.42 Å². The Balaban J connectivity index is 1.82. The fourth-order valence-electron chi connectivity index (χ4n) is 3.86. The first kappa shape index (κ1) is 23.1. The minimum atomic E-state index is -3.68. The van der Waals surface area contributed by atoms with Gasteiger partial charge in [-0.1, -0.05) is 20.8 Å². The summed E-state index contributed by atoms with van der Waals surface area (Å²) in [4.78, 5) is 15.4. The Bertz CT molecular complexity index is 1020. The summed E-state index contributed by atoms with van der Waals surface area (Å²) < 4.78 is 32.4. The quantitative estimate of drug-likeness (QED) is 0.668. The predicted molar refractivity (Wildman–Crippen MR) is 123 cm³/mol. The van der Waals surface area contributed by atoms with E-state index in [0.29, 0.717) is 30.4 Å². The molecule has 2 aromatic rings. The molecule has 0 bridgehead atoms. The maximum Gasteiger partial charge on any atom is 0.259 e. The molecule has 1 saturated heterocycles. The standard InChI is InChI=1S/C23H31N3O4S/c1-5-26(6-2)31(28,29)20-11-12-22(30-4)21(15-20)23(27)24-18-7-9-19(10-8-18)25-14-13-17(3)16-25/h7-12,15,17H,5-6,13-14,16H2,1-4H3,(H,24,27). The lowest BCUT2D eigenvalue weighted by Gasteiger charge is -2.20. The van der Waals surface area contributed by atoms with Crippen LogP contribution in [0.2, 0.25) is 0 Å². The Labute approximate surface area is 185 Å². The first-order valence-electron chi connectivity index (χ1n) is 10.6. The molecular weight excluding hydrogens is 414 g/mol. The van der Waals surface area contributed by atoms with Gasteiger partial charge in [0, 0.05) is 37.6 Å². The Kier molecular flexibility index (Phi) is 7.23. The van der Waals surface area contributed by atoms with Crippen molar-refractivity contribution < 1.29 is 17.9 Å². The third-order valence-electron chi connectivity index (χ3n) is 5.67. The second-order valence-electron chi connectivity index (χ2n) is 7.79. The molecule has 7 nitrogen and oxygen atoms in total. The van der Waals surface area contributed by atoms with Crippen molar-refractivity contribution >= 4 is 27.3 Å². The van der Waals surface area contributed by atoms with Gasteiger partial charge in [0.15, 0.2) is 0 Å². The number of benzene rings is 2. The molecule has 1 amide bonds. The van der Waals surface area contributed by atoms with Crippen LogP contribution in [0.4, 0.5) is 11.4 Å². The number of hydrogen-bond acceptors (Lipinski definition) is 5. The van der Waals surface area contributed by atoms with Gasteiger partial charge in [-0.05, 0) is 54.8 Å². The average molecular weight is 446 g/mol. The highest BCUT2D eigenvalue weighted by Gasteiger charge is 2.25. The van der Waals surface area contributed by atoms with Crippen molar-refractivity contribution in [3.05, 3.63) is 48.0 Å². The monoisotopic (exact) mass is 445 g/mol. The lowest BCUT2D eigenvalue weighted by Crippen LogP contribution is -2.30. The fourth-order valence-corrected chi connectivity index (χ4v) is 5.35. The maximum absolute atomic E-state index is 13.0. The van der Waals surface area contributed by atoms with Crippen molar-refractivity contribution in [3.63, 3.8) is 0 Å². The van der Waals surface area contributed by atoms with E-state index in [9.17, 15) is 13.2 Å². The Morgan fingerprint density at radius 2 is 1.84 bits per heavy atom. The smallest absolute Gasteiger partial charge is 0.259 e. The molecule has 2 aromatic carbocycles. The molecule has 0 aromatic heterocycles. The fraction of sp³-hybridized carbons (Fsp3) is 0.435. The summed E-state index contributed by atoms with van der Waals surface area (Å²) in [5, 5.41) is 2.85. The molecule has 1 aliphatic rings. The van der Waals surface area contributed by atoms with Crippen LogP contribution in [0.3, 0.4) is 0 Å². The first-order valence-corrected chi connectivity index (χ1v) is 12.1. The van der Waals surface area contributed by atoms with Gasteiger partial charge in [0.25, 0.3) is 5.91 Å². The summed E-state index contributed by atoms with van der Waals surface area (Å²) in [5.74, 6) is 0.585. The number of sulfonamides is 1. The molecule has 1 atom stereocenters. The van der Waals surface area contributed by atoms with Crippen LogP contribution in [0.25, 0.3) is 0 Å². The van der Waals surface area contributed by atoms with E-state index >= 15 is 0 Å². The topological polar surface area (TPSA) is 78.9 Å². The van der Waals surface area contributed by atoms with Crippen LogP contribution >= 0.6 is 0 Å². The average Bonchev–Trinajstić information content (AvgIpc) is 3.20. The van der Waals surface area contributed by atoms with E-state index in [1.54, 1.807) is 13.8 Å². The summed E-state index contributed by atoms with van der Waals surface area (Å²) in [6, 6.07) is 12.1. The largest absolute Gasteiger partial charge is 0.496 e. The van der Waals surface area contributed by atoms with Crippen LogP contribution in [0.15, 0.2) is 47.4 Å². The summed E-state index contributed by atoms with van der Waals surface area (Å²) in [6.45, 7) is 8.60. The lowest BCUT2D eigenvalue weighted by atomic mass is 10.1. The molecule has 0 saturated carbocycles. The zero-order valence-electron chi connectivity index (χ0n) is 18.6. The van der Waals surface area contributed by atoms with Gasteiger partial charge in [0.1, 0.15) is 5.75 Å². The van der Waals surface area contributed by atoms with Gasteiger partial charge in [-0.15, -0.1) is 0 Å². The number of ether oxygens (including phenoxy) is 1. The van der Waals surface area contributed by atoms with E-state index in [1.807, 2.05) is 24.3 Å². The van der Waals surface area contributed by atoms with Crippen LogP contribution in [-0.2, 0) is 10.0 Å². The minimum Gasteiger partial charge on any atom is -0.496 e. The first-order chi connectivity index (χ1) is 14.8. The number of nitrogens with one attached hydrogen (secondary N) is 1. The van der Waals surface area contributed by atoms with E-state index in [4.69, 9.17) is 4.74 Å². The van der Waals surface area contributed by atoms with Crippen LogP contribution in [-0.4, -0.2) is 51.9 Å². The molecule has 0 spiro atoms. The highest BCUT2D eigenvalue weighted by atomic mass is 32.2. The molecule has 0 radical (unpaired) electrons. The highest BCUT2D eigenvalue weighted by Crippen LogP contribution is 2.27. The van der Waals surface area contributed by atoms with E-state index in [1.165, 1.54) is 36.0 Å². The van der Waals surface area contributed by atoms with Gasteiger partial charge in [-0.2, -0.15) is 4.31 Å². The molecule has 1 fully saturated rings. The summed E-state index contributed by atoms with van der Waals surface area (Å²) >= 11 is 0. The number of carbonyl (C=O) groups excluding carboxylic acids is 1. The second kappa shape index (κ2) is 9.70. The number of nitrogens with zero attached hydrogens (tertiary/aromatic N) is 2. The molecule has 168 valence electrons. The third-order valence-corrected chi connectivity index (χ3v) is 7.72. The predicted octanol–water partition coefficient (Wildman–Crippen LogP) is 3.82. The van der Waals surface area contributed by atoms with Crippen LogP contribution in [0.5, 0.6) is 5.75 Å². The number of rotatable bonds is 8. The number of anilines is 2. The number of hydrogen-bond donors (Lipinski definition) is 1. The molecule has 1 unspecified atom stereocenters. The van der Waals surface area contributed by atoms with E-state index < -0.39 is 15.9 Å². The van der Waals surface area contributed by atoms with Crippen molar-refractivity contribution in [2.24, 2.45) is 5.92 Å². The highest BCUT2D eigenvalue weighted by molar-refractivity contribution is 7.89. The maximum atomic E-state index is 13.0. The van der Waals surface area contributed by atoms with Gasteiger partial charge < -0.3 is 15.0 Å². The number of carbonyl (C=O) groups is 1. The summed E-state index contributed by atoms with van der Waals surface area (Å²) in [7, 11) is -2.23. The zero-order chi connectivity index (χ0) is 22.6. The molecule has 1 aliphatic heterocycles. The SMILES string of the molecule is CCN(CC)S(=O)(=O)c1ccc(OC)c(C(=O)Nc2ccc(N3CCC(C)C3)cc2)c1. The minimum absolute atomic E-state index is 0.0700. The Morgan fingerprint density at radius 3 is 2.39 bits per heavy atom. The third kappa shape index (κ3) is 5.02. The van der Waals surface area contributed by atoms with Gasteiger partial charge in [0.2, 0.25) is 10.0 Å². The van der Waals surface area contributed by atoms with Crippen LogP contribution in [0, 0.1) is 5.92 Å². The summed E-state index contributed by atoms with van der Waals surface area (Å²) in [5.41, 5.74) is 1.94. The molecular formula is C23H31N3O4S. The van der Waals surface area contributed by atoms with Gasteiger partial charge in [0.05, 0.1) is 17.6 Å². The van der Waals surface area contributed by atoms with Crippen molar-refractivity contribution in [2.45, 2.75) is 32.1 Å². The Hall–Kier alpha value is -2.58. The van der Waals surface area contributed by atoms with Crippen molar-refractivity contribution in [1.82, 2.24) is 4.31 Å². The van der Waals surface area contributed by atoms with Crippen LogP contribution in [0.1, 0.15) is 37.6 Å².